The van der Waals surface area contributed by atoms with Crippen molar-refractivity contribution in [1.82, 2.24) is 4.90 Å². The molecule has 1 heterocycles. The van der Waals surface area contributed by atoms with Crippen LogP contribution in [0.2, 0.25) is 0 Å². The van der Waals surface area contributed by atoms with Crippen LogP contribution in [0.25, 0.3) is 0 Å². The van der Waals surface area contributed by atoms with Crippen molar-refractivity contribution in [2.24, 2.45) is 0 Å². The molecule has 0 N–H and O–H groups in total. The zero-order chi connectivity index (χ0) is 14.5. The second-order valence-electron chi connectivity index (χ2n) is 5.64. The standard InChI is InChI=1S/C19H21NS/c21-19(20-14-8-3-9-15-20)18(16-10-4-1-5-11-16)17-12-6-2-7-13-17/h1-2,4-7,10-13,18H,3,8-9,14-15H2. The summed E-state index contributed by atoms with van der Waals surface area (Å²) in [5, 5.41) is 0. The number of rotatable bonds is 3. The molecular weight excluding hydrogens is 274 g/mol. The molecular formula is C19H21NS. The molecule has 0 amide bonds. The Bertz CT molecular complexity index is 534. The van der Waals surface area contributed by atoms with Crippen LogP contribution in [0.5, 0.6) is 0 Å². The summed E-state index contributed by atoms with van der Waals surface area (Å²) in [6, 6.07) is 21.3. The van der Waals surface area contributed by atoms with Gasteiger partial charge in [-0.3, -0.25) is 0 Å². The average Bonchev–Trinajstić information content (AvgIpc) is 2.58. The summed E-state index contributed by atoms with van der Waals surface area (Å²) < 4.78 is 0. The van der Waals surface area contributed by atoms with Gasteiger partial charge in [-0.25, -0.2) is 0 Å². The Labute approximate surface area is 132 Å². The van der Waals surface area contributed by atoms with Gasteiger partial charge in [-0.15, -0.1) is 0 Å². The molecule has 2 aromatic rings. The Hall–Kier alpha value is -1.67. The number of hydrogen-bond donors (Lipinski definition) is 0. The van der Waals surface area contributed by atoms with Crippen molar-refractivity contribution in [3.8, 4) is 0 Å². The number of hydrogen-bond acceptors (Lipinski definition) is 1. The van der Waals surface area contributed by atoms with Gasteiger partial charge < -0.3 is 4.90 Å². The summed E-state index contributed by atoms with van der Waals surface area (Å²) in [6.07, 6.45) is 3.85. The maximum atomic E-state index is 5.89. The Kier molecular flexibility index (Phi) is 4.66. The molecule has 0 spiro atoms. The Morgan fingerprint density at radius 3 is 1.71 bits per heavy atom. The molecule has 0 atom stereocenters. The fourth-order valence-corrected chi connectivity index (χ4v) is 3.52. The van der Waals surface area contributed by atoms with E-state index < -0.39 is 0 Å². The first-order chi connectivity index (χ1) is 10.4. The number of nitrogens with zero attached hydrogens (tertiary/aromatic N) is 1. The van der Waals surface area contributed by atoms with Gasteiger partial charge in [-0.2, -0.15) is 0 Å². The van der Waals surface area contributed by atoms with Gasteiger partial charge >= 0.3 is 0 Å². The van der Waals surface area contributed by atoms with Crippen molar-refractivity contribution in [1.29, 1.82) is 0 Å². The Morgan fingerprint density at radius 2 is 1.24 bits per heavy atom. The van der Waals surface area contributed by atoms with E-state index in [0.29, 0.717) is 0 Å². The van der Waals surface area contributed by atoms with Gasteiger partial charge in [0.2, 0.25) is 0 Å². The molecule has 1 aliphatic rings. The van der Waals surface area contributed by atoms with Crippen molar-refractivity contribution < 1.29 is 0 Å². The van der Waals surface area contributed by atoms with Crippen LogP contribution in [0.1, 0.15) is 36.3 Å². The van der Waals surface area contributed by atoms with E-state index in [1.807, 2.05) is 0 Å². The molecule has 2 aromatic carbocycles. The Morgan fingerprint density at radius 1 is 0.762 bits per heavy atom. The third-order valence-corrected chi connectivity index (χ3v) is 4.67. The minimum atomic E-state index is 0.195. The summed E-state index contributed by atoms with van der Waals surface area (Å²) in [6.45, 7) is 2.21. The van der Waals surface area contributed by atoms with Crippen molar-refractivity contribution in [2.45, 2.75) is 25.2 Å². The summed E-state index contributed by atoms with van der Waals surface area (Å²) in [5.41, 5.74) is 2.58. The van der Waals surface area contributed by atoms with E-state index in [-0.39, 0.29) is 5.92 Å². The molecule has 0 unspecified atom stereocenters. The van der Waals surface area contributed by atoms with E-state index in [1.54, 1.807) is 0 Å². The van der Waals surface area contributed by atoms with Gasteiger partial charge in [-0.05, 0) is 30.4 Å². The van der Waals surface area contributed by atoms with E-state index in [9.17, 15) is 0 Å². The molecule has 1 nitrogen and oxygen atoms in total. The SMILES string of the molecule is S=C(C(c1ccccc1)c1ccccc1)N1CCCCC1. The molecule has 1 aliphatic heterocycles. The topological polar surface area (TPSA) is 3.24 Å². The minimum Gasteiger partial charge on any atom is -0.365 e. The summed E-state index contributed by atoms with van der Waals surface area (Å²) in [5.74, 6) is 0.195. The van der Waals surface area contributed by atoms with Crippen LogP contribution in [0, 0.1) is 0 Å². The van der Waals surface area contributed by atoms with Crippen LogP contribution in [-0.4, -0.2) is 23.0 Å². The lowest BCUT2D eigenvalue weighted by atomic mass is 9.90. The maximum Gasteiger partial charge on any atom is 0.0899 e. The highest BCUT2D eigenvalue weighted by Gasteiger charge is 2.24. The third kappa shape index (κ3) is 3.33. The normalized spacial score (nSPS) is 15.2. The molecule has 0 aliphatic carbocycles. The van der Waals surface area contributed by atoms with E-state index in [2.05, 4.69) is 65.6 Å². The van der Waals surface area contributed by atoms with E-state index in [1.165, 1.54) is 30.4 Å². The molecule has 0 bridgehead atoms. The molecule has 0 aromatic heterocycles. The van der Waals surface area contributed by atoms with Crippen LogP contribution in [0.4, 0.5) is 0 Å². The lowest BCUT2D eigenvalue weighted by molar-refractivity contribution is 0.341. The summed E-state index contributed by atoms with van der Waals surface area (Å²) >= 11 is 5.89. The number of piperidine rings is 1. The lowest BCUT2D eigenvalue weighted by Gasteiger charge is -2.33. The first kappa shape index (κ1) is 14.3. The second kappa shape index (κ2) is 6.86. The van der Waals surface area contributed by atoms with Gasteiger partial charge in [-0.1, -0.05) is 72.9 Å². The van der Waals surface area contributed by atoms with Crippen molar-refractivity contribution in [3.05, 3.63) is 71.8 Å². The molecule has 0 saturated carbocycles. The maximum absolute atomic E-state index is 5.89. The van der Waals surface area contributed by atoms with E-state index in [0.717, 1.165) is 18.1 Å². The van der Waals surface area contributed by atoms with E-state index in [4.69, 9.17) is 12.2 Å². The zero-order valence-electron chi connectivity index (χ0n) is 12.2. The third-order valence-electron chi connectivity index (χ3n) is 4.18. The quantitative estimate of drug-likeness (QED) is 0.759. The van der Waals surface area contributed by atoms with Crippen LogP contribution in [0.3, 0.4) is 0 Å². The molecule has 108 valence electrons. The summed E-state index contributed by atoms with van der Waals surface area (Å²) in [7, 11) is 0. The molecule has 1 fully saturated rings. The van der Waals surface area contributed by atoms with Crippen molar-refractivity contribution in [3.63, 3.8) is 0 Å². The monoisotopic (exact) mass is 295 g/mol. The van der Waals surface area contributed by atoms with Crippen LogP contribution in [0.15, 0.2) is 60.7 Å². The molecule has 21 heavy (non-hydrogen) atoms. The van der Waals surface area contributed by atoms with Crippen molar-refractivity contribution >= 4 is 17.2 Å². The fourth-order valence-electron chi connectivity index (χ4n) is 3.07. The van der Waals surface area contributed by atoms with Crippen LogP contribution < -0.4 is 0 Å². The number of benzene rings is 2. The van der Waals surface area contributed by atoms with Crippen LogP contribution >= 0.6 is 12.2 Å². The fraction of sp³-hybridized carbons (Fsp3) is 0.316. The lowest BCUT2D eigenvalue weighted by Crippen LogP contribution is -2.38. The van der Waals surface area contributed by atoms with Crippen LogP contribution in [-0.2, 0) is 0 Å². The molecule has 0 radical (unpaired) electrons. The molecule has 1 saturated heterocycles. The molecule has 2 heteroatoms. The zero-order valence-corrected chi connectivity index (χ0v) is 13.1. The molecule has 3 rings (SSSR count). The van der Waals surface area contributed by atoms with Gasteiger partial charge in [0.15, 0.2) is 0 Å². The highest BCUT2D eigenvalue weighted by atomic mass is 32.1. The average molecular weight is 295 g/mol. The van der Waals surface area contributed by atoms with Gasteiger partial charge in [0, 0.05) is 13.1 Å². The first-order valence-corrected chi connectivity index (χ1v) is 8.16. The van der Waals surface area contributed by atoms with E-state index >= 15 is 0 Å². The highest BCUT2D eigenvalue weighted by Crippen LogP contribution is 2.29. The van der Waals surface area contributed by atoms with Gasteiger partial charge in [0.25, 0.3) is 0 Å². The minimum absolute atomic E-state index is 0.195. The summed E-state index contributed by atoms with van der Waals surface area (Å²) in [4.78, 5) is 3.48. The number of likely N-dealkylation sites (tertiary alicyclic amines) is 1. The smallest absolute Gasteiger partial charge is 0.0899 e. The largest absolute Gasteiger partial charge is 0.365 e. The predicted molar refractivity (Wildman–Crippen MR) is 92.7 cm³/mol. The second-order valence-corrected chi connectivity index (χ2v) is 6.06. The Balaban J connectivity index is 1.94. The number of thiocarbonyl (C=S) groups is 1. The van der Waals surface area contributed by atoms with Gasteiger partial charge in [0.05, 0.1) is 10.9 Å². The predicted octanol–water partition coefficient (Wildman–Crippen LogP) is 4.63. The van der Waals surface area contributed by atoms with Crippen molar-refractivity contribution in [2.75, 3.05) is 13.1 Å². The van der Waals surface area contributed by atoms with Gasteiger partial charge in [0.1, 0.15) is 0 Å². The highest BCUT2D eigenvalue weighted by molar-refractivity contribution is 7.80. The first-order valence-electron chi connectivity index (χ1n) is 7.75.